The molecule has 3 aromatic carbocycles. The minimum Gasteiger partial charge on any atom is -0.329 e. The van der Waals surface area contributed by atoms with Crippen LogP contribution in [0.1, 0.15) is 36.2 Å². The van der Waals surface area contributed by atoms with Crippen molar-refractivity contribution in [3.05, 3.63) is 102 Å². The van der Waals surface area contributed by atoms with Gasteiger partial charge in [0.25, 0.3) is 5.91 Å². The van der Waals surface area contributed by atoms with Gasteiger partial charge in [-0.1, -0.05) is 61.9 Å². The summed E-state index contributed by atoms with van der Waals surface area (Å²) in [4.78, 5) is 28.1. The van der Waals surface area contributed by atoms with Crippen LogP contribution in [-0.4, -0.2) is 39.6 Å². The van der Waals surface area contributed by atoms with Crippen LogP contribution < -0.4 is 5.32 Å². The first kappa shape index (κ1) is 25.8. The Labute approximate surface area is 216 Å². The largest absolute Gasteiger partial charge is 0.329 e. The number of aromatic nitrogens is 2. The molecule has 2 amide bonds. The number of hydrogen-bond acceptors (Lipinski definition) is 3. The van der Waals surface area contributed by atoms with Crippen LogP contribution in [0.5, 0.6) is 0 Å². The molecule has 0 radical (unpaired) electrons. The number of nitrogens with one attached hydrogen (secondary N) is 1. The van der Waals surface area contributed by atoms with E-state index in [1.54, 1.807) is 39.9 Å². The van der Waals surface area contributed by atoms with Crippen molar-refractivity contribution in [2.24, 2.45) is 5.92 Å². The van der Waals surface area contributed by atoms with E-state index in [1.807, 2.05) is 49.4 Å². The van der Waals surface area contributed by atoms with E-state index >= 15 is 0 Å². The SMILES string of the molecule is Cc1ccc(C(=O)N(CCC(C)C)CC(=O)Nc2cc(-c3ccccc3)nn2-c2ccc(F)cc2)cc1. The number of hydrogen-bond donors (Lipinski definition) is 1. The summed E-state index contributed by atoms with van der Waals surface area (Å²) >= 11 is 0. The standard InChI is InChI=1S/C30H31FN4O2/c1-21(2)17-18-34(30(37)24-11-9-22(3)10-12-24)20-29(36)32-28-19-27(23-7-5-4-6-8-23)33-35(28)26-15-13-25(31)14-16-26/h4-16,19,21H,17-18,20H2,1-3H3,(H,32,36). The lowest BCUT2D eigenvalue weighted by Crippen LogP contribution is -2.39. The number of anilines is 1. The van der Waals surface area contributed by atoms with Gasteiger partial charge in [-0.05, 0) is 55.7 Å². The Balaban J connectivity index is 1.59. The number of benzene rings is 3. The Hall–Kier alpha value is -4.26. The van der Waals surface area contributed by atoms with Crippen LogP contribution in [0.4, 0.5) is 10.2 Å². The summed E-state index contributed by atoms with van der Waals surface area (Å²) in [7, 11) is 0. The van der Waals surface area contributed by atoms with E-state index in [0.717, 1.165) is 17.5 Å². The van der Waals surface area contributed by atoms with Gasteiger partial charge in [0.1, 0.15) is 18.2 Å². The molecule has 0 unspecified atom stereocenters. The van der Waals surface area contributed by atoms with Crippen molar-refractivity contribution in [2.45, 2.75) is 27.2 Å². The zero-order valence-electron chi connectivity index (χ0n) is 21.3. The minimum absolute atomic E-state index is 0.102. The number of nitrogens with zero attached hydrogens (tertiary/aromatic N) is 3. The fraction of sp³-hybridized carbons (Fsp3) is 0.233. The molecule has 6 nitrogen and oxygen atoms in total. The molecule has 0 spiro atoms. The summed E-state index contributed by atoms with van der Waals surface area (Å²) < 4.78 is 15.1. The predicted molar refractivity (Wildman–Crippen MR) is 144 cm³/mol. The van der Waals surface area contributed by atoms with Crippen molar-refractivity contribution in [3.8, 4) is 16.9 Å². The van der Waals surface area contributed by atoms with E-state index in [1.165, 1.54) is 12.1 Å². The maximum Gasteiger partial charge on any atom is 0.254 e. The smallest absolute Gasteiger partial charge is 0.254 e. The van der Waals surface area contributed by atoms with E-state index in [-0.39, 0.29) is 24.2 Å². The molecule has 1 heterocycles. The van der Waals surface area contributed by atoms with Crippen LogP contribution in [0.3, 0.4) is 0 Å². The molecule has 0 fully saturated rings. The fourth-order valence-electron chi connectivity index (χ4n) is 3.90. The number of aryl methyl sites for hydroxylation is 1. The fourth-order valence-corrected chi connectivity index (χ4v) is 3.90. The summed E-state index contributed by atoms with van der Waals surface area (Å²) in [6.07, 6.45) is 0.774. The second-order valence-corrected chi connectivity index (χ2v) is 9.49. The first-order valence-electron chi connectivity index (χ1n) is 12.4. The van der Waals surface area contributed by atoms with Gasteiger partial charge in [0.15, 0.2) is 0 Å². The van der Waals surface area contributed by atoms with Crippen LogP contribution in [-0.2, 0) is 4.79 Å². The first-order chi connectivity index (χ1) is 17.8. The Morgan fingerprint density at radius 1 is 0.973 bits per heavy atom. The van der Waals surface area contributed by atoms with Crippen molar-refractivity contribution < 1.29 is 14.0 Å². The molecule has 4 aromatic rings. The Morgan fingerprint density at radius 3 is 2.30 bits per heavy atom. The van der Waals surface area contributed by atoms with Gasteiger partial charge >= 0.3 is 0 Å². The number of carbonyl (C=O) groups is 2. The van der Waals surface area contributed by atoms with Crippen LogP contribution in [0, 0.1) is 18.7 Å². The summed E-state index contributed by atoms with van der Waals surface area (Å²) in [5.41, 5.74) is 3.75. The van der Waals surface area contributed by atoms with Crippen molar-refractivity contribution >= 4 is 17.6 Å². The number of amides is 2. The Morgan fingerprint density at radius 2 is 1.65 bits per heavy atom. The average Bonchev–Trinajstić information content (AvgIpc) is 3.31. The molecule has 0 bridgehead atoms. The highest BCUT2D eigenvalue weighted by atomic mass is 19.1. The summed E-state index contributed by atoms with van der Waals surface area (Å²) in [6.45, 7) is 6.49. The van der Waals surface area contributed by atoms with Gasteiger partial charge in [-0.15, -0.1) is 0 Å². The molecule has 1 aromatic heterocycles. The molecule has 37 heavy (non-hydrogen) atoms. The predicted octanol–water partition coefficient (Wildman–Crippen LogP) is 6.11. The Bertz CT molecular complexity index is 1350. The van der Waals surface area contributed by atoms with E-state index in [2.05, 4.69) is 24.3 Å². The van der Waals surface area contributed by atoms with Crippen molar-refractivity contribution in [2.75, 3.05) is 18.4 Å². The van der Waals surface area contributed by atoms with Crippen molar-refractivity contribution in [1.29, 1.82) is 0 Å². The molecule has 0 aliphatic carbocycles. The third-order valence-electron chi connectivity index (χ3n) is 6.01. The zero-order chi connectivity index (χ0) is 26.4. The lowest BCUT2D eigenvalue weighted by atomic mass is 10.1. The van der Waals surface area contributed by atoms with Gasteiger partial charge in [0.05, 0.1) is 11.4 Å². The van der Waals surface area contributed by atoms with Gasteiger partial charge < -0.3 is 10.2 Å². The molecule has 1 N–H and O–H groups in total. The highest BCUT2D eigenvalue weighted by molar-refractivity contribution is 5.99. The number of carbonyl (C=O) groups excluding carboxylic acids is 2. The molecular weight excluding hydrogens is 467 g/mol. The molecule has 0 atom stereocenters. The van der Waals surface area contributed by atoms with E-state index in [0.29, 0.717) is 35.2 Å². The summed E-state index contributed by atoms with van der Waals surface area (Å²) in [6, 6.07) is 24.6. The van der Waals surface area contributed by atoms with E-state index in [4.69, 9.17) is 0 Å². The van der Waals surface area contributed by atoms with E-state index in [9.17, 15) is 14.0 Å². The monoisotopic (exact) mass is 498 g/mol. The molecule has 0 saturated carbocycles. The highest BCUT2D eigenvalue weighted by Gasteiger charge is 2.21. The lowest BCUT2D eigenvalue weighted by molar-refractivity contribution is -0.117. The van der Waals surface area contributed by atoms with Crippen LogP contribution in [0.2, 0.25) is 0 Å². The average molecular weight is 499 g/mol. The van der Waals surface area contributed by atoms with Gasteiger partial charge in [0.2, 0.25) is 5.91 Å². The maximum atomic E-state index is 13.6. The van der Waals surface area contributed by atoms with Gasteiger partial charge in [0, 0.05) is 23.7 Å². The summed E-state index contributed by atoms with van der Waals surface area (Å²) in [5.74, 6) is -0.0770. The van der Waals surface area contributed by atoms with Gasteiger partial charge in [-0.3, -0.25) is 9.59 Å². The third kappa shape index (κ3) is 6.70. The lowest BCUT2D eigenvalue weighted by Gasteiger charge is -2.23. The molecule has 0 aliphatic heterocycles. The molecule has 0 aliphatic rings. The minimum atomic E-state index is -0.361. The molecule has 4 rings (SSSR count). The Kier molecular flexibility index (Phi) is 8.13. The maximum absolute atomic E-state index is 13.6. The number of rotatable bonds is 9. The second kappa shape index (κ2) is 11.6. The normalized spacial score (nSPS) is 10.9. The molecular formula is C30H31FN4O2. The van der Waals surface area contributed by atoms with Crippen LogP contribution in [0.25, 0.3) is 16.9 Å². The van der Waals surface area contributed by atoms with E-state index < -0.39 is 0 Å². The second-order valence-electron chi connectivity index (χ2n) is 9.49. The molecule has 190 valence electrons. The zero-order valence-corrected chi connectivity index (χ0v) is 21.3. The quantitative estimate of drug-likeness (QED) is 0.303. The van der Waals surface area contributed by atoms with Crippen molar-refractivity contribution in [1.82, 2.24) is 14.7 Å². The highest BCUT2D eigenvalue weighted by Crippen LogP contribution is 2.25. The van der Waals surface area contributed by atoms with Crippen LogP contribution >= 0.6 is 0 Å². The number of halogens is 1. The topological polar surface area (TPSA) is 67.2 Å². The third-order valence-corrected chi connectivity index (χ3v) is 6.01. The van der Waals surface area contributed by atoms with Crippen LogP contribution in [0.15, 0.2) is 84.9 Å². The molecule has 0 saturated heterocycles. The molecule has 7 heteroatoms. The first-order valence-corrected chi connectivity index (χ1v) is 12.4. The van der Waals surface area contributed by atoms with Crippen molar-refractivity contribution in [3.63, 3.8) is 0 Å². The summed E-state index contributed by atoms with van der Waals surface area (Å²) in [5, 5.41) is 7.58. The van der Waals surface area contributed by atoms with Gasteiger partial charge in [-0.25, -0.2) is 9.07 Å². The van der Waals surface area contributed by atoms with Gasteiger partial charge in [-0.2, -0.15) is 5.10 Å².